The molecule has 0 spiro atoms. The fraction of sp³-hybridized carbons (Fsp3) is 0.231. The van der Waals surface area contributed by atoms with Gasteiger partial charge < -0.3 is 10.6 Å². The van der Waals surface area contributed by atoms with Crippen molar-refractivity contribution < 1.29 is 18.0 Å². The van der Waals surface area contributed by atoms with Crippen LogP contribution in [0.5, 0.6) is 0 Å². The molecule has 0 saturated carbocycles. The van der Waals surface area contributed by atoms with Crippen LogP contribution < -0.4 is 15.4 Å². The highest BCUT2D eigenvalue weighted by Gasteiger charge is 2.19. The molecule has 0 aromatic heterocycles. The molecule has 0 fully saturated rings. The molecular formula is C26H29N3O4S. The first kappa shape index (κ1) is 25.0. The van der Waals surface area contributed by atoms with Crippen LogP contribution >= 0.6 is 0 Å². The van der Waals surface area contributed by atoms with Crippen LogP contribution in [-0.2, 0) is 10.0 Å². The molecule has 0 aliphatic carbocycles. The van der Waals surface area contributed by atoms with E-state index in [0.29, 0.717) is 22.5 Å². The van der Waals surface area contributed by atoms with Crippen LogP contribution in [-0.4, -0.2) is 25.8 Å². The van der Waals surface area contributed by atoms with Crippen molar-refractivity contribution in [2.45, 2.75) is 44.6 Å². The summed E-state index contributed by atoms with van der Waals surface area (Å²) < 4.78 is 27.7. The number of hydrogen-bond acceptors (Lipinski definition) is 4. The SMILES string of the molecule is CCC(C)(C)NC(=O)c1ccc(NC(=O)c2ccc(S(=O)(=O)Nc3ccc(C)cc3)cc2)cc1. The summed E-state index contributed by atoms with van der Waals surface area (Å²) in [6, 6.07) is 19.3. The number of benzene rings is 3. The van der Waals surface area contributed by atoms with Crippen LogP contribution in [0.25, 0.3) is 0 Å². The second-order valence-corrected chi connectivity index (χ2v) is 10.4. The molecule has 0 atom stereocenters. The summed E-state index contributed by atoms with van der Waals surface area (Å²) in [5, 5.41) is 5.71. The molecule has 3 rings (SSSR count). The Labute approximate surface area is 200 Å². The van der Waals surface area contributed by atoms with Crippen LogP contribution in [0.4, 0.5) is 11.4 Å². The minimum atomic E-state index is -3.78. The minimum Gasteiger partial charge on any atom is -0.347 e. The van der Waals surface area contributed by atoms with Gasteiger partial charge in [-0.15, -0.1) is 0 Å². The molecule has 0 bridgehead atoms. The zero-order chi connectivity index (χ0) is 24.9. The van der Waals surface area contributed by atoms with E-state index in [9.17, 15) is 18.0 Å². The van der Waals surface area contributed by atoms with Crippen molar-refractivity contribution >= 4 is 33.2 Å². The maximum absolute atomic E-state index is 12.6. The summed E-state index contributed by atoms with van der Waals surface area (Å²) in [5.41, 5.74) is 2.50. The number of carbonyl (C=O) groups is 2. The second-order valence-electron chi connectivity index (χ2n) is 8.72. The first-order valence-electron chi connectivity index (χ1n) is 10.9. The number of rotatable bonds is 8. The van der Waals surface area contributed by atoms with Gasteiger partial charge >= 0.3 is 0 Å². The molecule has 0 radical (unpaired) electrons. The number of anilines is 2. The van der Waals surface area contributed by atoms with Gasteiger partial charge in [0.2, 0.25) is 0 Å². The Kier molecular flexibility index (Phi) is 7.41. The third kappa shape index (κ3) is 6.45. The van der Waals surface area contributed by atoms with Gasteiger partial charge in [0.15, 0.2) is 0 Å². The van der Waals surface area contributed by atoms with E-state index in [4.69, 9.17) is 0 Å². The van der Waals surface area contributed by atoms with Crippen molar-refractivity contribution in [2.24, 2.45) is 0 Å². The zero-order valence-corrected chi connectivity index (χ0v) is 20.5. The van der Waals surface area contributed by atoms with E-state index in [1.807, 2.05) is 39.8 Å². The molecule has 2 amide bonds. The standard InChI is InChI=1S/C26H29N3O4S/c1-5-26(3,4)28-25(31)20-8-14-21(15-9-20)27-24(30)19-10-16-23(17-11-19)34(32,33)29-22-12-6-18(2)7-13-22/h6-17,29H,5H2,1-4H3,(H,27,30)(H,28,31). The van der Waals surface area contributed by atoms with Crippen LogP contribution in [0.15, 0.2) is 77.7 Å². The first-order valence-corrected chi connectivity index (χ1v) is 12.4. The van der Waals surface area contributed by atoms with Gasteiger partial charge in [0.1, 0.15) is 0 Å². The van der Waals surface area contributed by atoms with E-state index in [1.54, 1.807) is 36.4 Å². The molecule has 3 N–H and O–H groups in total. The molecule has 0 heterocycles. The van der Waals surface area contributed by atoms with Crippen molar-refractivity contribution in [3.8, 4) is 0 Å². The Morgan fingerprint density at radius 2 is 1.26 bits per heavy atom. The normalized spacial score (nSPS) is 11.5. The van der Waals surface area contributed by atoms with Gasteiger partial charge in [-0.05, 0) is 87.9 Å². The smallest absolute Gasteiger partial charge is 0.261 e. The van der Waals surface area contributed by atoms with Crippen LogP contribution in [0.3, 0.4) is 0 Å². The molecule has 178 valence electrons. The maximum Gasteiger partial charge on any atom is 0.261 e. The highest BCUT2D eigenvalue weighted by atomic mass is 32.2. The van der Waals surface area contributed by atoms with Gasteiger partial charge in [-0.1, -0.05) is 24.6 Å². The van der Waals surface area contributed by atoms with Gasteiger partial charge in [-0.25, -0.2) is 8.42 Å². The quantitative estimate of drug-likeness (QED) is 0.424. The predicted molar refractivity (Wildman–Crippen MR) is 135 cm³/mol. The van der Waals surface area contributed by atoms with Gasteiger partial charge in [0.05, 0.1) is 4.90 Å². The summed E-state index contributed by atoms with van der Waals surface area (Å²) in [6.07, 6.45) is 0.801. The molecule has 0 aliphatic heterocycles. The Hall–Kier alpha value is -3.65. The van der Waals surface area contributed by atoms with E-state index >= 15 is 0 Å². The maximum atomic E-state index is 12.6. The minimum absolute atomic E-state index is 0.0509. The lowest BCUT2D eigenvalue weighted by Crippen LogP contribution is -2.42. The Balaban J connectivity index is 1.64. The number of nitrogens with one attached hydrogen (secondary N) is 3. The molecule has 34 heavy (non-hydrogen) atoms. The first-order chi connectivity index (χ1) is 16.0. The van der Waals surface area contributed by atoms with Crippen LogP contribution in [0.1, 0.15) is 53.5 Å². The van der Waals surface area contributed by atoms with Crippen LogP contribution in [0, 0.1) is 6.92 Å². The van der Waals surface area contributed by atoms with Gasteiger partial charge in [0, 0.05) is 28.0 Å². The third-order valence-electron chi connectivity index (χ3n) is 5.47. The summed E-state index contributed by atoms with van der Waals surface area (Å²) in [4.78, 5) is 25.0. The third-order valence-corrected chi connectivity index (χ3v) is 6.87. The Bertz CT molecular complexity index is 1270. The van der Waals surface area contributed by atoms with Crippen LogP contribution in [0.2, 0.25) is 0 Å². The molecule has 0 saturated heterocycles. The summed E-state index contributed by atoms with van der Waals surface area (Å²) in [5.74, 6) is -0.569. The molecule has 0 unspecified atom stereocenters. The summed E-state index contributed by atoms with van der Waals surface area (Å²) in [7, 11) is -3.78. The lowest BCUT2D eigenvalue weighted by atomic mass is 10.0. The largest absolute Gasteiger partial charge is 0.347 e. The molecule has 3 aromatic carbocycles. The Morgan fingerprint density at radius 3 is 1.82 bits per heavy atom. The van der Waals surface area contributed by atoms with Crippen molar-refractivity contribution in [1.29, 1.82) is 0 Å². The molecule has 7 nitrogen and oxygen atoms in total. The molecular weight excluding hydrogens is 450 g/mol. The van der Waals surface area contributed by atoms with E-state index in [0.717, 1.165) is 12.0 Å². The van der Waals surface area contributed by atoms with Crippen molar-refractivity contribution in [3.05, 3.63) is 89.5 Å². The van der Waals surface area contributed by atoms with E-state index in [2.05, 4.69) is 15.4 Å². The van der Waals surface area contributed by atoms with Gasteiger partial charge in [-0.2, -0.15) is 0 Å². The molecule has 3 aromatic rings. The highest BCUT2D eigenvalue weighted by molar-refractivity contribution is 7.92. The number of carbonyl (C=O) groups excluding carboxylic acids is 2. The second kappa shape index (κ2) is 10.1. The van der Waals surface area contributed by atoms with Gasteiger partial charge in [0.25, 0.3) is 21.8 Å². The predicted octanol–water partition coefficient (Wildman–Crippen LogP) is 4.97. The number of hydrogen-bond donors (Lipinski definition) is 3. The number of amides is 2. The van der Waals surface area contributed by atoms with E-state index < -0.39 is 10.0 Å². The number of aryl methyl sites for hydroxylation is 1. The fourth-order valence-electron chi connectivity index (χ4n) is 3.00. The van der Waals surface area contributed by atoms with Crippen molar-refractivity contribution in [2.75, 3.05) is 10.0 Å². The fourth-order valence-corrected chi connectivity index (χ4v) is 4.06. The van der Waals surface area contributed by atoms with Crippen molar-refractivity contribution in [1.82, 2.24) is 5.32 Å². The average Bonchev–Trinajstić information content (AvgIpc) is 2.80. The lowest BCUT2D eigenvalue weighted by Gasteiger charge is -2.24. The van der Waals surface area contributed by atoms with E-state index in [1.165, 1.54) is 24.3 Å². The zero-order valence-electron chi connectivity index (χ0n) is 19.7. The average molecular weight is 480 g/mol. The lowest BCUT2D eigenvalue weighted by molar-refractivity contribution is 0.0910. The molecule has 8 heteroatoms. The summed E-state index contributed by atoms with van der Waals surface area (Å²) in [6.45, 7) is 7.83. The topological polar surface area (TPSA) is 104 Å². The van der Waals surface area contributed by atoms with E-state index in [-0.39, 0.29) is 22.2 Å². The van der Waals surface area contributed by atoms with Crippen molar-refractivity contribution in [3.63, 3.8) is 0 Å². The van der Waals surface area contributed by atoms with Gasteiger partial charge in [-0.3, -0.25) is 14.3 Å². The molecule has 0 aliphatic rings. The number of sulfonamides is 1. The summed E-state index contributed by atoms with van der Waals surface area (Å²) >= 11 is 0. The Morgan fingerprint density at radius 1 is 0.765 bits per heavy atom. The highest BCUT2D eigenvalue weighted by Crippen LogP contribution is 2.18. The monoisotopic (exact) mass is 479 g/mol.